The highest BCUT2D eigenvalue weighted by atomic mass is 35.5. The molecule has 0 saturated carbocycles. The van der Waals surface area contributed by atoms with Crippen LogP contribution in [-0.4, -0.2) is 7.05 Å². The van der Waals surface area contributed by atoms with E-state index in [1.165, 1.54) is 15.3 Å². The van der Waals surface area contributed by atoms with Crippen LogP contribution in [0, 0.1) is 6.92 Å². The molecule has 20 heavy (non-hydrogen) atoms. The molecule has 1 heterocycles. The molecule has 0 spiro atoms. The van der Waals surface area contributed by atoms with Crippen molar-refractivity contribution in [1.29, 1.82) is 0 Å². The number of hydrogen-bond acceptors (Lipinski definition) is 3. The summed E-state index contributed by atoms with van der Waals surface area (Å²) in [5, 5.41) is 3.98. The molecule has 0 fully saturated rings. The third-order valence-corrected chi connectivity index (χ3v) is 4.68. The molecule has 2 rings (SSSR count). The van der Waals surface area contributed by atoms with Gasteiger partial charge in [0.15, 0.2) is 0 Å². The molecule has 0 aliphatic heterocycles. The fraction of sp³-hybridized carbons (Fsp3) is 0.375. The molecule has 2 nitrogen and oxygen atoms in total. The molecule has 1 aromatic heterocycles. The minimum Gasteiger partial charge on any atom is -0.489 e. The molecule has 108 valence electrons. The van der Waals surface area contributed by atoms with Crippen LogP contribution in [0.1, 0.15) is 27.8 Å². The first-order valence-corrected chi connectivity index (χ1v) is 7.97. The molecule has 0 aliphatic carbocycles. The van der Waals surface area contributed by atoms with Crippen molar-refractivity contribution in [2.45, 2.75) is 33.4 Å². The van der Waals surface area contributed by atoms with E-state index in [2.05, 4.69) is 25.2 Å². The van der Waals surface area contributed by atoms with Crippen molar-refractivity contribution in [3.05, 3.63) is 50.2 Å². The zero-order valence-corrected chi connectivity index (χ0v) is 13.7. The minimum atomic E-state index is 0.608. The Balaban J connectivity index is 2.04. The van der Waals surface area contributed by atoms with E-state index in [-0.39, 0.29) is 0 Å². The van der Waals surface area contributed by atoms with Crippen LogP contribution in [-0.2, 0) is 19.6 Å². The van der Waals surface area contributed by atoms with Crippen molar-refractivity contribution in [3.63, 3.8) is 0 Å². The van der Waals surface area contributed by atoms with E-state index in [1.54, 1.807) is 0 Å². The first-order valence-electron chi connectivity index (χ1n) is 6.78. The maximum Gasteiger partial charge on any atom is 0.120 e. The second kappa shape index (κ2) is 7.11. The first-order chi connectivity index (χ1) is 9.63. The minimum absolute atomic E-state index is 0.608. The number of thiophene rings is 1. The lowest BCUT2D eigenvalue weighted by molar-refractivity contribution is 0.305. The first kappa shape index (κ1) is 15.4. The fourth-order valence-electron chi connectivity index (χ4n) is 2.07. The monoisotopic (exact) mass is 309 g/mol. The molecule has 1 aromatic carbocycles. The van der Waals surface area contributed by atoms with Crippen molar-refractivity contribution in [1.82, 2.24) is 5.32 Å². The van der Waals surface area contributed by atoms with E-state index in [0.717, 1.165) is 29.3 Å². The molecule has 0 saturated heterocycles. The summed E-state index contributed by atoms with van der Waals surface area (Å²) in [5.41, 5.74) is 2.38. The summed E-state index contributed by atoms with van der Waals surface area (Å²) in [4.78, 5) is 2.66. The van der Waals surface area contributed by atoms with Crippen LogP contribution in [0.5, 0.6) is 5.75 Å². The molecule has 0 unspecified atom stereocenters. The highest BCUT2D eigenvalue weighted by Gasteiger charge is 2.07. The van der Waals surface area contributed by atoms with Crippen molar-refractivity contribution < 1.29 is 4.74 Å². The number of benzene rings is 1. The zero-order chi connectivity index (χ0) is 14.5. The van der Waals surface area contributed by atoms with Crippen LogP contribution in [0.25, 0.3) is 0 Å². The van der Waals surface area contributed by atoms with Gasteiger partial charge in [0.25, 0.3) is 0 Å². The number of nitrogens with one attached hydrogen (secondary N) is 1. The van der Waals surface area contributed by atoms with Gasteiger partial charge in [0.1, 0.15) is 12.4 Å². The van der Waals surface area contributed by atoms with Gasteiger partial charge in [-0.3, -0.25) is 0 Å². The van der Waals surface area contributed by atoms with E-state index in [4.69, 9.17) is 16.3 Å². The van der Waals surface area contributed by atoms with E-state index in [9.17, 15) is 0 Å². The summed E-state index contributed by atoms with van der Waals surface area (Å²) in [6.45, 7) is 5.75. The number of hydrogen-bond donors (Lipinski definition) is 1. The van der Waals surface area contributed by atoms with Gasteiger partial charge in [0.2, 0.25) is 0 Å². The average Bonchev–Trinajstić information content (AvgIpc) is 2.78. The third kappa shape index (κ3) is 3.75. The van der Waals surface area contributed by atoms with Crippen LogP contribution in [0.4, 0.5) is 0 Å². The van der Waals surface area contributed by atoms with Gasteiger partial charge >= 0.3 is 0 Å². The molecule has 1 N–H and O–H groups in total. The Morgan fingerprint density at radius 2 is 2.05 bits per heavy atom. The lowest BCUT2D eigenvalue weighted by atomic mass is 10.1. The second-order valence-electron chi connectivity index (χ2n) is 4.72. The quantitative estimate of drug-likeness (QED) is 0.844. The predicted molar refractivity (Wildman–Crippen MR) is 87.0 cm³/mol. The number of rotatable bonds is 6. The van der Waals surface area contributed by atoms with Gasteiger partial charge in [-0.1, -0.05) is 18.5 Å². The summed E-state index contributed by atoms with van der Waals surface area (Å²) in [6, 6.07) is 8.08. The summed E-state index contributed by atoms with van der Waals surface area (Å²) in [5.74, 6) is 0.881. The standard InChI is InChI=1S/C16H20ClNOS/c1-4-12-7-14(5-6-16(12)17)19-10-13-8-15(9-18-3)20-11(13)2/h5-8,18H,4,9-10H2,1-3H3. The van der Waals surface area contributed by atoms with E-state index < -0.39 is 0 Å². The van der Waals surface area contributed by atoms with Crippen LogP contribution >= 0.6 is 22.9 Å². The number of ether oxygens (including phenoxy) is 1. The lowest BCUT2D eigenvalue weighted by Gasteiger charge is -2.08. The molecule has 0 aliphatic rings. The summed E-state index contributed by atoms with van der Waals surface area (Å²) < 4.78 is 5.89. The molecular formula is C16H20ClNOS. The van der Waals surface area contributed by atoms with Gasteiger partial charge in [-0.2, -0.15) is 0 Å². The molecule has 0 atom stereocenters. The number of halogens is 1. The fourth-order valence-corrected chi connectivity index (χ4v) is 3.38. The van der Waals surface area contributed by atoms with Crippen molar-refractivity contribution >= 4 is 22.9 Å². The summed E-state index contributed by atoms with van der Waals surface area (Å²) in [6.07, 6.45) is 0.916. The Kier molecular flexibility index (Phi) is 5.46. The van der Waals surface area contributed by atoms with E-state index in [0.29, 0.717) is 6.61 Å². The van der Waals surface area contributed by atoms with Crippen LogP contribution < -0.4 is 10.1 Å². The summed E-state index contributed by atoms with van der Waals surface area (Å²) in [7, 11) is 1.96. The third-order valence-electron chi connectivity index (χ3n) is 3.22. The zero-order valence-electron chi connectivity index (χ0n) is 12.1. The van der Waals surface area contributed by atoms with Gasteiger partial charge in [0.05, 0.1) is 0 Å². The van der Waals surface area contributed by atoms with Crippen molar-refractivity contribution in [2.24, 2.45) is 0 Å². The normalized spacial score (nSPS) is 10.8. The van der Waals surface area contributed by atoms with Gasteiger partial charge < -0.3 is 10.1 Å². The predicted octanol–water partition coefficient (Wildman–Crippen LogP) is 4.57. The smallest absolute Gasteiger partial charge is 0.120 e. The largest absolute Gasteiger partial charge is 0.489 e. The lowest BCUT2D eigenvalue weighted by Crippen LogP contribution is -2.02. The highest BCUT2D eigenvalue weighted by molar-refractivity contribution is 7.12. The van der Waals surface area contributed by atoms with E-state index in [1.807, 2.05) is 36.6 Å². The number of aryl methyl sites for hydroxylation is 2. The van der Waals surface area contributed by atoms with E-state index >= 15 is 0 Å². The average molecular weight is 310 g/mol. The van der Waals surface area contributed by atoms with Gasteiger partial charge in [-0.25, -0.2) is 0 Å². The molecule has 2 aromatic rings. The molecule has 0 radical (unpaired) electrons. The molecule has 0 amide bonds. The molecule has 0 bridgehead atoms. The summed E-state index contributed by atoms with van der Waals surface area (Å²) >= 11 is 7.94. The highest BCUT2D eigenvalue weighted by Crippen LogP contribution is 2.26. The Bertz CT molecular complexity index is 580. The Hall–Kier alpha value is -1.03. The topological polar surface area (TPSA) is 21.3 Å². The van der Waals surface area contributed by atoms with Gasteiger partial charge in [0, 0.05) is 26.9 Å². The van der Waals surface area contributed by atoms with Crippen LogP contribution in [0.15, 0.2) is 24.3 Å². The maximum atomic E-state index is 6.12. The van der Waals surface area contributed by atoms with Crippen LogP contribution in [0.2, 0.25) is 5.02 Å². The molecule has 4 heteroatoms. The Labute approximate surface area is 129 Å². The van der Waals surface area contributed by atoms with Crippen molar-refractivity contribution in [3.8, 4) is 5.75 Å². The second-order valence-corrected chi connectivity index (χ2v) is 6.47. The van der Waals surface area contributed by atoms with Gasteiger partial charge in [-0.05, 0) is 50.2 Å². The Morgan fingerprint density at radius 3 is 2.75 bits per heavy atom. The van der Waals surface area contributed by atoms with Gasteiger partial charge in [-0.15, -0.1) is 11.3 Å². The SMILES string of the molecule is CCc1cc(OCc2cc(CNC)sc2C)ccc1Cl. The maximum absolute atomic E-state index is 6.12. The van der Waals surface area contributed by atoms with Crippen LogP contribution in [0.3, 0.4) is 0 Å². The molecular weight excluding hydrogens is 290 g/mol. The Morgan fingerprint density at radius 1 is 1.25 bits per heavy atom. The van der Waals surface area contributed by atoms with Crippen molar-refractivity contribution in [2.75, 3.05) is 7.05 Å².